The van der Waals surface area contributed by atoms with Crippen molar-refractivity contribution in [2.45, 2.75) is 38.0 Å². The van der Waals surface area contributed by atoms with E-state index in [0.717, 1.165) is 17.8 Å². The van der Waals surface area contributed by atoms with E-state index in [4.69, 9.17) is 4.74 Å². The van der Waals surface area contributed by atoms with Gasteiger partial charge in [-0.2, -0.15) is 0 Å². The van der Waals surface area contributed by atoms with Crippen molar-refractivity contribution in [3.63, 3.8) is 0 Å². The largest absolute Gasteiger partial charge is 0.391 e. The molecule has 0 amide bonds. The molecule has 3 fully saturated rings. The quantitative estimate of drug-likeness (QED) is 0.687. The minimum atomic E-state index is -0.327. The molecule has 6 atom stereocenters. The summed E-state index contributed by atoms with van der Waals surface area (Å²) in [5.74, 6) is 2.57. The van der Waals surface area contributed by atoms with E-state index < -0.39 is 0 Å². The van der Waals surface area contributed by atoms with Crippen LogP contribution >= 0.6 is 0 Å². The molecular formula is C11H19NO2. The maximum absolute atomic E-state index is 9.21. The van der Waals surface area contributed by atoms with Crippen LogP contribution in [0.2, 0.25) is 0 Å². The minimum absolute atomic E-state index is 0.327. The van der Waals surface area contributed by atoms with Crippen LogP contribution in [-0.4, -0.2) is 36.5 Å². The van der Waals surface area contributed by atoms with Crippen LogP contribution in [0.25, 0.3) is 0 Å². The number of nitrogens with one attached hydrogen (secondary N) is 1. The van der Waals surface area contributed by atoms with Gasteiger partial charge in [0.05, 0.1) is 18.8 Å². The van der Waals surface area contributed by atoms with Crippen LogP contribution < -0.4 is 5.32 Å². The molecule has 80 valence electrons. The van der Waals surface area contributed by atoms with Gasteiger partial charge < -0.3 is 15.2 Å². The van der Waals surface area contributed by atoms with Crippen LogP contribution in [0.15, 0.2) is 0 Å². The summed E-state index contributed by atoms with van der Waals surface area (Å²) in [7, 11) is 0. The average molecular weight is 197 g/mol. The predicted octanol–water partition coefficient (Wildman–Crippen LogP) is 0.380. The molecule has 2 bridgehead atoms. The first-order valence-corrected chi connectivity index (χ1v) is 5.78. The van der Waals surface area contributed by atoms with E-state index in [2.05, 4.69) is 5.32 Å². The highest BCUT2D eigenvalue weighted by molar-refractivity contribution is 5.10. The smallest absolute Gasteiger partial charge is 0.0760 e. The van der Waals surface area contributed by atoms with Gasteiger partial charge >= 0.3 is 0 Å². The molecule has 3 nitrogen and oxygen atoms in total. The third kappa shape index (κ3) is 1.23. The van der Waals surface area contributed by atoms with Gasteiger partial charge in [-0.05, 0) is 44.1 Å². The van der Waals surface area contributed by atoms with Crippen molar-refractivity contribution in [1.82, 2.24) is 5.32 Å². The van der Waals surface area contributed by atoms with Crippen LogP contribution in [0.5, 0.6) is 0 Å². The molecule has 2 N–H and O–H groups in total. The van der Waals surface area contributed by atoms with Crippen LogP contribution in [-0.2, 0) is 4.74 Å². The van der Waals surface area contributed by atoms with E-state index >= 15 is 0 Å². The van der Waals surface area contributed by atoms with Gasteiger partial charge in [0.25, 0.3) is 0 Å². The highest BCUT2D eigenvalue weighted by Gasteiger charge is 2.56. The Morgan fingerprint density at radius 1 is 1.43 bits per heavy atom. The summed E-state index contributed by atoms with van der Waals surface area (Å²) in [5.41, 5.74) is 0. The second-order valence-electron chi connectivity index (χ2n) is 5.24. The van der Waals surface area contributed by atoms with Crippen molar-refractivity contribution < 1.29 is 9.84 Å². The first kappa shape index (κ1) is 9.13. The lowest BCUT2D eigenvalue weighted by Crippen LogP contribution is -2.40. The van der Waals surface area contributed by atoms with Crippen molar-refractivity contribution in [3.8, 4) is 0 Å². The molecule has 3 heteroatoms. The lowest BCUT2D eigenvalue weighted by Gasteiger charge is -2.28. The Bertz CT molecular complexity index is 229. The Labute approximate surface area is 84.8 Å². The predicted molar refractivity (Wildman–Crippen MR) is 52.9 cm³/mol. The van der Waals surface area contributed by atoms with Gasteiger partial charge in [-0.25, -0.2) is 0 Å². The first-order chi connectivity index (χ1) is 6.75. The second kappa shape index (κ2) is 3.19. The monoisotopic (exact) mass is 197 g/mol. The average Bonchev–Trinajstić information content (AvgIpc) is 2.70. The van der Waals surface area contributed by atoms with E-state index in [9.17, 15) is 5.11 Å². The van der Waals surface area contributed by atoms with Gasteiger partial charge in [0.15, 0.2) is 0 Å². The third-order valence-corrected chi connectivity index (χ3v) is 4.21. The van der Waals surface area contributed by atoms with Crippen molar-refractivity contribution in [3.05, 3.63) is 0 Å². The molecule has 0 spiro atoms. The molecule has 0 radical (unpaired) electrons. The normalized spacial score (nSPS) is 51.4. The van der Waals surface area contributed by atoms with Crippen molar-refractivity contribution >= 4 is 0 Å². The lowest BCUT2D eigenvalue weighted by atomic mass is 9.88. The van der Waals surface area contributed by atoms with E-state index in [0.29, 0.717) is 18.8 Å². The molecule has 6 unspecified atom stereocenters. The highest BCUT2D eigenvalue weighted by Crippen LogP contribution is 2.52. The first-order valence-electron chi connectivity index (χ1n) is 5.78. The number of aliphatic hydroxyl groups excluding tert-OH is 1. The number of aliphatic hydroxyl groups is 1. The van der Waals surface area contributed by atoms with Crippen molar-refractivity contribution in [2.75, 3.05) is 13.2 Å². The van der Waals surface area contributed by atoms with Gasteiger partial charge in [-0.15, -0.1) is 0 Å². The van der Waals surface area contributed by atoms with E-state index in [1.54, 1.807) is 6.92 Å². The fraction of sp³-hybridized carbons (Fsp3) is 1.00. The van der Waals surface area contributed by atoms with E-state index in [-0.39, 0.29) is 6.10 Å². The Kier molecular flexibility index (Phi) is 2.08. The van der Waals surface area contributed by atoms with Crippen LogP contribution in [0.1, 0.15) is 19.8 Å². The Hall–Kier alpha value is -0.120. The van der Waals surface area contributed by atoms with Gasteiger partial charge in [0, 0.05) is 6.04 Å². The number of fused-ring (bicyclic) bond motifs is 1. The summed E-state index contributed by atoms with van der Waals surface area (Å²) < 4.78 is 5.82. The van der Waals surface area contributed by atoms with Crippen molar-refractivity contribution in [2.24, 2.45) is 17.8 Å². The zero-order valence-electron chi connectivity index (χ0n) is 8.65. The van der Waals surface area contributed by atoms with Gasteiger partial charge in [0.2, 0.25) is 0 Å². The topological polar surface area (TPSA) is 41.5 Å². The lowest BCUT2D eigenvalue weighted by molar-refractivity contribution is -0.0359. The maximum Gasteiger partial charge on any atom is 0.0760 e. The summed E-state index contributed by atoms with van der Waals surface area (Å²) in [4.78, 5) is 0. The van der Waals surface area contributed by atoms with Gasteiger partial charge in [-0.1, -0.05) is 0 Å². The maximum atomic E-state index is 9.21. The minimum Gasteiger partial charge on any atom is -0.391 e. The SMILES string of the molecule is CC(O)COC1C2CC3CNC1C3C2. The molecule has 2 aliphatic carbocycles. The number of ether oxygens (including phenoxy) is 1. The molecule has 1 saturated heterocycles. The Balaban J connectivity index is 1.65. The molecule has 0 aromatic heterocycles. The molecule has 2 saturated carbocycles. The summed E-state index contributed by atoms with van der Waals surface area (Å²) in [6.45, 7) is 3.48. The van der Waals surface area contributed by atoms with Crippen LogP contribution in [0.3, 0.4) is 0 Å². The van der Waals surface area contributed by atoms with Gasteiger partial charge in [-0.3, -0.25) is 0 Å². The van der Waals surface area contributed by atoms with Crippen LogP contribution in [0, 0.1) is 17.8 Å². The van der Waals surface area contributed by atoms with E-state index in [1.807, 2.05) is 0 Å². The van der Waals surface area contributed by atoms with Crippen LogP contribution in [0.4, 0.5) is 0 Å². The van der Waals surface area contributed by atoms with Crippen molar-refractivity contribution in [1.29, 1.82) is 0 Å². The van der Waals surface area contributed by atoms with E-state index in [1.165, 1.54) is 19.4 Å². The Morgan fingerprint density at radius 3 is 3.07 bits per heavy atom. The number of hydrogen-bond acceptors (Lipinski definition) is 3. The van der Waals surface area contributed by atoms with Gasteiger partial charge in [0.1, 0.15) is 0 Å². The highest BCUT2D eigenvalue weighted by atomic mass is 16.5. The summed E-state index contributed by atoms with van der Waals surface area (Å²) in [6.07, 6.45) is 2.76. The number of hydrogen-bond donors (Lipinski definition) is 2. The molecule has 1 heterocycles. The molecule has 0 aromatic rings. The zero-order chi connectivity index (χ0) is 9.71. The summed E-state index contributed by atoms with van der Waals surface area (Å²) in [5, 5.41) is 12.8. The standard InChI is InChI=1S/C11H19NO2/c1-6(13)5-14-11-7-2-8-4-12-10(11)9(8)3-7/h6-13H,2-5H2,1H3. The molecule has 1 aliphatic heterocycles. The number of rotatable bonds is 3. The molecule has 3 rings (SSSR count). The molecular weight excluding hydrogens is 178 g/mol. The zero-order valence-corrected chi connectivity index (χ0v) is 8.65. The fourth-order valence-corrected chi connectivity index (χ4v) is 3.73. The summed E-state index contributed by atoms with van der Waals surface area (Å²) >= 11 is 0. The third-order valence-electron chi connectivity index (χ3n) is 4.21. The molecule has 14 heavy (non-hydrogen) atoms. The molecule has 3 aliphatic rings. The Morgan fingerprint density at radius 2 is 2.29 bits per heavy atom. The molecule has 0 aromatic carbocycles. The second-order valence-corrected chi connectivity index (χ2v) is 5.24. The summed E-state index contributed by atoms with van der Waals surface area (Å²) in [6, 6.07) is 0.595. The fourth-order valence-electron chi connectivity index (χ4n) is 3.73.